The van der Waals surface area contributed by atoms with Gasteiger partial charge in [-0.15, -0.1) is 0 Å². The number of benzene rings is 2. The molecule has 0 aromatic heterocycles. The van der Waals surface area contributed by atoms with Gasteiger partial charge < -0.3 is 18.9 Å². The zero-order valence-electron chi connectivity index (χ0n) is 21.7. The van der Waals surface area contributed by atoms with Gasteiger partial charge >= 0.3 is 11.9 Å². The van der Waals surface area contributed by atoms with Crippen LogP contribution in [0, 0.1) is 0 Å². The van der Waals surface area contributed by atoms with Crippen LogP contribution < -0.4 is 9.47 Å². The minimum atomic E-state index is -0.763. The van der Waals surface area contributed by atoms with Crippen molar-refractivity contribution in [1.82, 2.24) is 0 Å². The SMILES string of the molecule is C=C(CC)C(=O)c1ccc(OCC(=O)OCCOC(=O)COc2ccc(C(=O)C(=C)CC)c(Cl)c2Cl)c(Cl)c1Cl. The summed E-state index contributed by atoms with van der Waals surface area (Å²) in [5, 5.41) is -0.104. The molecule has 12 heteroatoms. The van der Waals surface area contributed by atoms with Gasteiger partial charge in [0.2, 0.25) is 0 Å². The zero-order chi connectivity index (χ0) is 30.0. The summed E-state index contributed by atoms with van der Waals surface area (Å²) in [6.07, 6.45) is 0.908. The summed E-state index contributed by atoms with van der Waals surface area (Å²) in [4.78, 5) is 48.5. The molecule has 8 nitrogen and oxygen atoms in total. The summed E-state index contributed by atoms with van der Waals surface area (Å²) in [5.74, 6) is -2.04. The van der Waals surface area contributed by atoms with Crippen molar-refractivity contribution in [2.45, 2.75) is 26.7 Å². The van der Waals surface area contributed by atoms with E-state index in [1.54, 1.807) is 13.8 Å². The van der Waals surface area contributed by atoms with Crippen molar-refractivity contribution < 1.29 is 38.1 Å². The lowest BCUT2D eigenvalue weighted by Crippen LogP contribution is -2.21. The first-order valence-electron chi connectivity index (χ1n) is 11.9. The van der Waals surface area contributed by atoms with E-state index in [1.807, 2.05) is 0 Å². The molecule has 0 aliphatic heterocycles. The molecular weight excluding hydrogens is 606 g/mol. The lowest BCUT2D eigenvalue weighted by Gasteiger charge is -2.12. The van der Waals surface area contributed by atoms with Crippen LogP contribution >= 0.6 is 46.4 Å². The Morgan fingerprint density at radius 1 is 0.625 bits per heavy atom. The Bertz CT molecular complexity index is 1230. The Balaban J connectivity index is 1.77. The maximum absolute atomic E-state index is 12.3. The third-order valence-corrected chi connectivity index (χ3v) is 7.11. The highest BCUT2D eigenvalue weighted by atomic mass is 35.5. The van der Waals surface area contributed by atoms with Crippen molar-refractivity contribution in [1.29, 1.82) is 0 Å². The molecule has 0 unspecified atom stereocenters. The Kier molecular flexibility index (Phi) is 13.0. The average Bonchev–Trinajstić information content (AvgIpc) is 2.95. The first-order chi connectivity index (χ1) is 18.9. The third-order valence-electron chi connectivity index (χ3n) is 5.38. The summed E-state index contributed by atoms with van der Waals surface area (Å²) < 4.78 is 20.6. The molecule has 0 amide bonds. The monoisotopic (exact) mass is 630 g/mol. The van der Waals surface area contributed by atoms with Gasteiger partial charge in [-0.2, -0.15) is 0 Å². The second-order valence-corrected chi connectivity index (χ2v) is 9.58. The number of ketones is 2. The maximum atomic E-state index is 12.3. The molecule has 0 saturated carbocycles. The first kappa shape index (κ1) is 33.2. The van der Waals surface area contributed by atoms with Gasteiger partial charge in [0.25, 0.3) is 0 Å². The second kappa shape index (κ2) is 15.7. The fraction of sp³-hybridized carbons (Fsp3) is 0.286. The summed E-state index contributed by atoms with van der Waals surface area (Å²) in [5.41, 5.74) is 1.10. The molecule has 0 aliphatic carbocycles. The van der Waals surface area contributed by atoms with Gasteiger partial charge in [-0.25, -0.2) is 9.59 Å². The van der Waals surface area contributed by atoms with Gasteiger partial charge in [0, 0.05) is 11.1 Å². The number of halogens is 4. The van der Waals surface area contributed by atoms with Crippen molar-refractivity contribution in [3.8, 4) is 11.5 Å². The number of ether oxygens (including phenoxy) is 4. The Morgan fingerprint density at radius 3 is 1.30 bits per heavy atom. The van der Waals surface area contributed by atoms with Crippen molar-refractivity contribution in [3.63, 3.8) is 0 Å². The van der Waals surface area contributed by atoms with Gasteiger partial charge in [0.1, 0.15) is 34.8 Å². The molecule has 0 fully saturated rings. The van der Waals surface area contributed by atoms with Crippen molar-refractivity contribution >= 4 is 69.9 Å². The largest absolute Gasteiger partial charge is 0.480 e. The first-order valence-corrected chi connectivity index (χ1v) is 13.4. The van der Waals surface area contributed by atoms with Crippen molar-refractivity contribution in [2.24, 2.45) is 0 Å². The fourth-order valence-electron chi connectivity index (χ4n) is 3.01. The summed E-state index contributed by atoms with van der Waals surface area (Å²) in [6.45, 7) is 9.44. The molecule has 0 radical (unpaired) electrons. The van der Waals surface area contributed by atoms with Crippen LogP contribution in [-0.4, -0.2) is 49.9 Å². The molecule has 2 rings (SSSR count). The number of Topliss-reactive ketones (excluding diaryl/α,β-unsaturated/α-hetero) is 2. The molecule has 0 spiro atoms. The van der Waals surface area contributed by atoms with E-state index < -0.39 is 25.2 Å². The van der Waals surface area contributed by atoms with Crippen LogP contribution in [0.3, 0.4) is 0 Å². The topological polar surface area (TPSA) is 105 Å². The highest BCUT2D eigenvalue weighted by molar-refractivity contribution is 6.46. The summed E-state index contributed by atoms with van der Waals surface area (Å²) in [6, 6.07) is 5.68. The van der Waals surface area contributed by atoms with Crippen molar-refractivity contribution in [2.75, 3.05) is 26.4 Å². The molecule has 0 heterocycles. The molecule has 0 aliphatic rings. The molecule has 0 bridgehead atoms. The molecule has 0 atom stereocenters. The molecular formula is C28H26Cl4O8. The smallest absolute Gasteiger partial charge is 0.344 e. The molecule has 0 saturated heterocycles. The van der Waals surface area contributed by atoms with E-state index in [2.05, 4.69) is 13.2 Å². The number of allylic oxidation sites excluding steroid dienone is 2. The lowest BCUT2D eigenvalue weighted by molar-refractivity contribution is -0.154. The van der Waals surface area contributed by atoms with Crippen LogP contribution in [0.15, 0.2) is 48.6 Å². The van der Waals surface area contributed by atoms with E-state index in [0.29, 0.717) is 24.0 Å². The van der Waals surface area contributed by atoms with Gasteiger partial charge in [-0.3, -0.25) is 9.59 Å². The highest BCUT2D eigenvalue weighted by Crippen LogP contribution is 2.37. The van der Waals surface area contributed by atoms with E-state index in [4.69, 9.17) is 65.4 Å². The number of hydrogen-bond acceptors (Lipinski definition) is 8. The van der Waals surface area contributed by atoms with E-state index in [9.17, 15) is 19.2 Å². The van der Waals surface area contributed by atoms with Gasteiger partial charge in [-0.05, 0) is 48.3 Å². The van der Waals surface area contributed by atoms with E-state index in [1.165, 1.54) is 24.3 Å². The molecule has 2 aromatic carbocycles. The average molecular weight is 632 g/mol. The highest BCUT2D eigenvalue weighted by Gasteiger charge is 2.20. The standard InChI is InChI=1S/C28H26Cl4O8/c1-5-15(3)27(35)17-7-9-19(25(31)23(17)29)39-13-21(33)37-11-12-38-22(34)14-40-20-10-8-18(24(30)26(20)32)28(36)16(4)6-2/h7-10H,3-6,11-14H2,1-2H3. The quantitative estimate of drug-likeness (QED) is 0.0884. The fourth-order valence-corrected chi connectivity index (χ4v) is 3.93. The minimum Gasteiger partial charge on any atom is -0.480 e. The Hall–Kier alpha value is -3.04. The summed E-state index contributed by atoms with van der Waals surface area (Å²) in [7, 11) is 0. The van der Waals surface area contributed by atoms with E-state index >= 15 is 0 Å². The lowest BCUT2D eigenvalue weighted by atomic mass is 10.0. The van der Waals surface area contributed by atoms with Crippen LogP contribution in [0.1, 0.15) is 47.4 Å². The molecule has 0 N–H and O–H groups in total. The second-order valence-electron chi connectivity index (χ2n) is 8.07. The number of hydrogen-bond donors (Lipinski definition) is 0. The van der Waals surface area contributed by atoms with Gasteiger partial charge in [0.05, 0.1) is 10.0 Å². The van der Waals surface area contributed by atoms with E-state index in [-0.39, 0.29) is 67.5 Å². The van der Waals surface area contributed by atoms with E-state index in [0.717, 1.165) is 0 Å². The van der Waals surface area contributed by atoms with Gasteiger partial charge in [-0.1, -0.05) is 73.4 Å². The van der Waals surface area contributed by atoms with Crippen LogP contribution in [0.25, 0.3) is 0 Å². The van der Waals surface area contributed by atoms with Crippen LogP contribution in [0.2, 0.25) is 20.1 Å². The molecule has 214 valence electrons. The predicted molar refractivity (Wildman–Crippen MR) is 153 cm³/mol. The number of carbonyl (C=O) groups is 4. The van der Waals surface area contributed by atoms with Crippen LogP contribution in [-0.2, 0) is 19.1 Å². The van der Waals surface area contributed by atoms with Crippen molar-refractivity contribution in [3.05, 3.63) is 79.8 Å². The predicted octanol–water partition coefficient (Wildman–Crippen LogP) is 7.14. The normalized spacial score (nSPS) is 10.4. The maximum Gasteiger partial charge on any atom is 0.344 e. The van der Waals surface area contributed by atoms with Crippen LogP contribution in [0.5, 0.6) is 11.5 Å². The zero-order valence-corrected chi connectivity index (χ0v) is 24.8. The minimum absolute atomic E-state index is 0.0170. The summed E-state index contributed by atoms with van der Waals surface area (Å²) >= 11 is 24.7. The third kappa shape index (κ3) is 8.73. The Labute approximate surface area is 251 Å². The number of rotatable bonds is 15. The number of carbonyl (C=O) groups excluding carboxylic acids is 4. The molecule has 2 aromatic rings. The Morgan fingerprint density at radius 2 is 0.975 bits per heavy atom. The number of esters is 2. The van der Waals surface area contributed by atoms with Gasteiger partial charge in [0.15, 0.2) is 24.8 Å². The molecule has 40 heavy (non-hydrogen) atoms. The van der Waals surface area contributed by atoms with Crippen LogP contribution in [0.4, 0.5) is 0 Å².